The van der Waals surface area contributed by atoms with E-state index in [9.17, 15) is 4.39 Å². The minimum Gasteiger partial charge on any atom is -0.317 e. The average Bonchev–Trinajstić information content (AvgIpc) is 2.45. The van der Waals surface area contributed by atoms with Gasteiger partial charge in [0, 0.05) is 13.1 Å². The number of nitrogens with zero attached hydrogens (tertiary/aromatic N) is 1. The van der Waals surface area contributed by atoms with Crippen molar-refractivity contribution in [1.82, 2.24) is 10.2 Å². The number of hydrogen-bond donors (Lipinski definition) is 1. The van der Waals surface area contributed by atoms with E-state index in [1.807, 2.05) is 6.07 Å². The largest absolute Gasteiger partial charge is 0.317 e. The lowest BCUT2D eigenvalue weighted by Gasteiger charge is -2.30. The van der Waals surface area contributed by atoms with E-state index in [2.05, 4.69) is 33.1 Å². The van der Waals surface area contributed by atoms with Gasteiger partial charge in [-0.2, -0.15) is 0 Å². The van der Waals surface area contributed by atoms with E-state index < -0.39 is 0 Å². The number of rotatable bonds is 6. The summed E-state index contributed by atoms with van der Waals surface area (Å²) in [5.74, 6) is 0.607. The van der Waals surface area contributed by atoms with Crippen molar-refractivity contribution in [1.29, 1.82) is 0 Å². The third kappa shape index (κ3) is 4.54. The van der Waals surface area contributed by atoms with Crippen LogP contribution < -0.4 is 5.32 Å². The highest BCUT2D eigenvalue weighted by Gasteiger charge is 2.18. The van der Waals surface area contributed by atoms with E-state index in [1.54, 1.807) is 6.07 Å². The molecule has 1 aliphatic heterocycles. The Hall–Kier alpha value is -0.450. The normalized spacial score (nSPS) is 16.8. The van der Waals surface area contributed by atoms with E-state index in [4.69, 9.17) is 0 Å². The minimum absolute atomic E-state index is 0.166. The number of piperidine rings is 1. The van der Waals surface area contributed by atoms with Gasteiger partial charge in [-0.25, -0.2) is 4.39 Å². The molecule has 1 aromatic rings. The molecule has 112 valence electrons. The molecule has 0 unspecified atom stereocenters. The molecule has 0 saturated carbocycles. The molecule has 1 aromatic carbocycles. The molecular formula is C16H24BrFN2. The molecule has 1 heterocycles. The Morgan fingerprint density at radius 1 is 1.35 bits per heavy atom. The summed E-state index contributed by atoms with van der Waals surface area (Å²) in [5, 5.41) is 3.41. The second kappa shape index (κ2) is 8.11. The fourth-order valence-corrected chi connectivity index (χ4v) is 3.28. The van der Waals surface area contributed by atoms with Crippen molar-refractivity contribution in [3.63, 3.8) is 0 Å². The Morgan fingerprint density at radius 2 is 2.10 bits per heavy atom. The topological polar surface area (TPSA) is 15.3 Å². The summed E-state index contributed by atoms with van der Waals surface area (Å²) in [4.78, 5) is 2.47. The molecule has 2 rings (SSSR count). The zero-order valence-corrected chi connectivity index (χ0v) is 13.8. The molecule has 0 amide bonds. The summed E-state index contributed by atoms with van der Waals surface area (Å²) in [5.41, 5.74) is 1.05. The van der Waals surface area contributed by atoms with Gasteiger partial charge < -0.3 is 5.32 Å². The number of benzene rings is 1. The van der Waals surface area contributed by atoms with Gasteiger partial charge in [0.05, 0.1) is 4.47 Å². The van der Waals surface area contributed by atoms with E-state index in [1.165, 1.54) is 18.9 Å². The Balaban J connectivity index is 1.98. The van der Waals surface area contributed by atoms with Gasteiger partial charge in [0.25, 0.3) is 0 Å². The highest BCUT2D eigenvalue weighted by atomic mass is 79.9. The third-order valence-electron chi connectivity index (χ3n) is 3.94. The Kier molecular flexibility index (Phi) is 6.46. The first-order chi connectivity index (χ1) is 9.70. The molecule has 1 N–H and O–H groups in total. The summed E-state index contributed by atoms with van der Waals surface area (Å²) in [6.07, 6.45) is 3.65. The highest BCUT2D eigenvalue weighted by Crippen LogP contribution is 2.23. The zero-order valence-electron chi connectivity index (χ0n) is 12.2. The summed E-state index contributed by atoms with van der Waals surface area (Å²) in [6.45, 7) is 7.50. The average molecular weight is 343 g/mol. The van der Waals surface area contributed by atoms with Crippen molar-refractivity contribution in [3.8, 4) is 0 Å². The molecule has 0 aromatic heterocycles. The predicted octanol–water partition coefficient (Wildman–Crippen LogP) is 3.80. The van der Waals surface area contributed by atoms with Crippen LogP contribution in [0.5, 0.6) is 0 Å². The van der Waals surface area contributed by atoms with Gasteiger partial charge >= 0.3 is 0 Å². The summed E-state index contributed by atoms with van der Waals surface area (Å²) < 4.78 is 14.2. The molecule has 0 radical (unpaired) electrons. The van der Waals surface area contributed by atoms with E-state index in [-0.39, 0.29) is 5.82 Å². The summed E-state index contributed by atoms with van der Waals surface area (Å²) >= 11 is 3.37. The predicted molar refractivity (Wildman–Crippen MR) is 85.3 cm³/mol. The Labute approximate surface area is 129 Å². The molecule has 1 fully saturated rings. The molecule has 2 nitrogen and oxygen atoms in total. The quantitative estimate of drug-likeness (QED) is 0.845. The van der Waals surface area contributed by atoms with E-state index >= 15 is 0 Å². The summed E-state index contributed by atoms with van der Waals surface area (Å²) in [7, 11) is 0. The van der Waals surface area contributed by atoms with Crippen LogP contribution in [0.3, 0.4) is 0 Å². The van der Waals surface area contributed by atoms with Gasteiger partial charge in [0.2, 0.25) is 0 Å². The molecular weight excluding hydrogens is 319 g/mol. The van der Waals surface area contributed by atoms with Crippen molar-refractivity contribution in [2.75, 3.05) is 26.2 Å². The third-order valence-corrected chi connectivity index (χ3v) is 4.83. The first-order valence-electron chi connectivity index (χ1n) is 7.56. The van der Waals surface area contributed by atoms with Gasteiger partial charge in [0.1, 0.15) is 5.82 Å². The smallest absolute Gasteiger partial charge is 0.137 e. The molecule has 0 aliphatic carbocycles. The molecule has 1 saturated heterocycles. The highest BCUT2D eigenvalue weighted by molar-refractivity contribution is 9.10. The van der Waals surface area contributed by atoms with Crippen LogP contribution in [0.4, 0.5) is 4.39 Å². The van der Waals surface area contributed by atoms with Crippen molar-refractivity contribution in [2.45, 2.75) is 32.7 Å². The fourth-order valence-electron chi connectivity index (χ4n) is 2.89. The van der Waals surface area contributed by atoms with Gasteiger partial charge in [-0.3, -0.25) is 4.90 Å². The lowest BCUT2D eigenvalue weighted by atomic mass is 9.97. The van der Waals surface area contributed by atoms with Gasteiger partial charge in [0.15, 0.2) is 0 Å². The molecule has 4 heteroatoms. The van der Waals surface area contributed by atoms with Crippen LogP contribution in [-0.2, 0) is 6.54 Å². The maximum absolute atomic E-state index is 13.6. The molecule has 0 bridgehead atoms. The Morgan fingerprint density at radius 3 is 2.80 bits per heavy atom. The number of halogens is 2. The Bertz CT molecular complexity index is 419. The van der Waals surface area contributed by atoms with E-state index in [0.717, 1.165) is 50.6 Å². The molecule has 1 aliphatic rings. The van der Waals surface area contributed by atoms with Crippen molar-refractivity contribution >= 4 is 15.9 Å². The molecule has 20 heavy (non-hydrogen) atoms. The van der Waals surface area contributed by atoms with Crippen molar-refractivity contribution < 1.29 is 4.39 Å². The van der Waals surface area contributed by atoms with E-state index in [0.29, 0.717) is 4.47 Å². The van der Waals surface area contributed by atoms with Gasteiger partial charge in [-0.15, -0.1) is 0 Å². The van der Waals surface area contributed by atoms with Crippen molar-refractivity contribution in [2.24, 2.45) is 5.92 Å². The lowest BCUT2D eigenvalue weighted by Crippen LogP contribution is -2.36. The van der Waals surface area contributed by atoms with Crippen LogP contribution in [0, 0.1) is 11.7 Å². The lowest BCUT2D eigenvalue weighted by molar-refractivity contribution is 0.198. The van der Waals surface area contributed by atoms with Gasteiger partial charge in [-0.05, 0) is 72.4 Å². The summed E-state index contributed by atoms with van der Waals surface area (Å²) in [6, 6.07) is 5.31. The van der Waals surface area contributed by atoms with Gasteiger partial charge in [-0.1, -0.05) is 19.1 Å². The maximum atomic E-state index is 13.6. The van der Waals surface area contributed by atoms with Crippen LogP contribution >= 0.6 is 15.9 Å². The second-order valence-electron chi connectivity index (χ2n) is 5.64. The monoisotopic (exact) mass is 342 g/mol. The van der Waals surface area contributed by atoms with Crippen LogP contribution in [0.25, 0.3) is 0 Å². The molecule has 0 atom stereocenters. The first-order valence-corrected chi connectivity index (χ1v) is 8.36. The zero-order chi connectivity index (χ0) is 14.4. The standard InChI is InChI=1S/C16H24BrFN2/c1-2-10-20(11-13-6-8-19-9-7-13)12-14-4-3-5-15(18)16(14)17/h3-5,13,19H,2,6-12H2,1H3. The van der Waals surface area contributed by atoms with Crippen LogP contribution in [0.1, 0.15) is 31.7 Å². The number of nitrogens with one attached hydrogen (secondary N) is 1. The second-order valence-corrected chi connectivity index (χ2v) is 6.43. The molecule has 0 spiro atoms. The first kappa shape index (κ1) is 15.9. The number of hydrogen-bond acceptors (Lipinski definition) is 2. The SMILES string of the molecule is CCCN(Cc1cccc(F)c1Br)CC1CCNCC1. The fraction of sp³-hybridized carbons (Fsp3) is 0.625. The van der Waals surface area contributed by atoms with Crippen molar-refractivity contribution in [3.05, 3.63) is 34.1 Å². The maximum Gasteiger partial charge on any atom is 0.137 e. The van der Waals surface area contributed by atoms with Crippen LogP contribution in [0.2, 0.25) is 0 Å². The van der Waals surface area contributed by atoms with Crippen LogP contribution in [0.15, 0.2) is 22.7 Å². The minimum atomic E-state index is -0.166. The van der Waals surface area contributed by atoms with Crippen LogP contribution in [-0.4, -0.2) is 31.1 Å².